The third kappa shape index (κ3) is 5.13. The molecule has 1 aliphatic heterocycles. The van der Waals surface area contributed by atoms with E-state index in [4.69, 9.17) is 0 Å². The molecule has 0 saturated carbocycles. The quantitative estimate of drug-likeness (QED) is 0.439. The van der Waals surface area contributed by atoms with Crippen LogP contribution < -0.4 is 4.90 Å². The van der Waals surface area contributed by atoms with Crippen molar-refractivity contribution in [3.63, 3.8) is 0 Å². The first-order valence-electron chi connectivity index (χ1n) is 8.88. The van der Waals surface area contributed by atoms with Crippen molar-refractivity contribution in [1.29, 1.82) is 0 Å². The van der Waals surface area contributed by atoms with Crippen molar-refractivity contribution < 1.29 is 22.9 Å². The third-order valence-corrected chi connectivity index (χ3v) is 4.65. The molecule has 0 atom stereocenters. The number of non-ortho nitro benzene ring substituents is 1. The maximum atomic E-state index is 12.9. The van der Waals surface area contributed by atoms with Crippen LogP contribution in [0.4, 0.5) is 24.5 Å². The van der Waals surface area contributed by atoms with Gasteiger partial charge >= 0.3 is 6.18 Å². The molecule has 0 aliphatic carbocycles. The van der Waals surface area contributed by atoms with Crippen LogP contribution in [0.15, 0.2) is 54.6 Å². The molecule has 0 spiro atoms. The number of nitro groups is 1. The van der Waals surface area contributed by atoms with Gasteiger partial charge in [0.2, 0.25) is 5.91 Å². The summed E-state index contributed by atoms with van der Waals surface area (Å²) in [6.07, 6.45) is -1.43. The number of piperazine rings is 1. The second-order valence-corrected chi connectivity index (χ2v) is 6.54. The normalized spacial score (nSPS) is 15.0. The van der Waals surface area contributed by atoms with Crippen molar-refractivity contribution in [3.05, 3.63) is 75.8 Å². The van der Waals surface area contributed by atoms with Gasteiger partial charge in [-0.15, -0.1) is 0 Å². The van der Waals surface area contributed by atoms with Gasteiger partial charge in [0.15, 0.2) is 0 Å². The van der Waals surface area contributed by atoms with Crippen LogP contribution >= 0.6 is 0 Å². The molecule has 9 heteroatoms. The zero-order chi connectivity index (χ0) is 21.0. The van der Waals surface area contributed by atoms with Crippen LogP contribution in [0.25, 0.3) is 6.08 Å². The molecule has 1 heterocycles. The van der Waals surface area contributed by atoms with Crippen molar-refractivity contribution in [2.75, 3.05) is 31.1 Å². The van der Waals surface area contributed by atoms with Crippen molar-refractivity contribution >= 4 is 23.4 Å². The van der Waals surface area contributed by atoms with Crippen LogP contribution in [-0.4, -0.2) is 41.9 Å². The number of nitrogens with zero attached hydrogens (tertiary/aromatic N) is 3. The summed E-state index contributed by atoms with van der Waals surface area (Å²) in [5, 5.41) is 10.6. The van der Waals surface area contributed by atoms with Gasteiger partial charge in [-0.2, -0.15) is 13.2 Å². The van der Waals surface area contributed by atoms with Crippen LogP contribution in [-0.2, 0) is 11.0 Å². The van der Waals surface area contributed by atoms with E-state index < -0.39 is 16.7 Å². The number of amides is 1. The van der Waals surface area contributed by atoms with Gasteiger partial charge in [-0.1, -0.05) is 6.07 Å². The van der Waals surface area contributed by atoms with E-state index in [1.807, 2.05) is 4.90 Å². The molecule has 1 fully saturated rings. The van der Waals surface area contributed by atoms with Crippen LogP contribution in [0.1, 0.15) is 11.1 Å². The average molecular weight is 405 g/mol. The maximum absolute atomic E-state index is 12.9. The molecule has 0 radical (unpaired) electrons. The highest BCUT2D eigenvalue weighted by atomic mass is 19.4. The van der Waals surface area contributed by atoms with Crippen LogP contribution in [0.2, 0.25) is 0 Å². The Bertz CT molecular complexity index is 919. The van der Waals surface area contributed by atoms with Crippen molar-refractivity contribution in [1.82, 2.24) is 4.90 Å². The van der Waals surface area contributed by atoms with Gasteiger partial charge in [0.05, 0.1) is 10.5 Å². The molecule has 29 heavy (non-hydrogen) atoms. The van der Waals surface area contributed by atoms with Gasteiger partial charge in [0, 0.05) is 50.1 Å². The molecule has 1 saturated heterocycles. The number of anilines is 1. The lowest BCUT2D eigenvalue weighted by Gasteiger charge is -2.35. The number of hydrogen-bond acceptors (Lipinski definition) is 4. The van der Waals surface area contributed by atoms with Gasteiger partial charge in [0.1, 0.15) is 0 Å². The molecule has 0 bridgehead atoms. The van der Waals surface area contributed by atoms with Gasteiger partial charge in [0.25, 0.3) is 5.69 Å². The summed E-state index contributed by atoms with van der Waals surface area (Å²) in [6.45, 7) is 1.64. The Balaban J connectivity index is 1.57. The number of carbonyl (C=O) groups excluding carboxylic acids is 1. The van der Waals surface area contributed by atoms with Crippen molar-refractivity contribution in [2.24, 2.45) is 0 Å². The van der Waals surface area contributed by atoms with Gasteiger partial charge in [-0.05, 0) is 42.0 Å². The third-order valence-electron chi connectivity index (χ3n) is 4.65. The van der Waals surface area contributed by atoms with E-state index in [1.165, 1.54) is 24.3 Å². The number of nitro benzene ring substituents is 1. The summed E-state index contributed by atoms with van der Waals surface area (Å²) in [7, 11) is 0. The van der Waals surface area contributed by atoms with E-state index in [2.05, 4.69) is 0 Å². The standard InChI is InChI=1S/C20H18F3N3O3/c21-20(22,23)16-2-1-3-18(14-16)24-10-12-25(13-11-24)19(27)9-6-15-4-7-17(8-5-15)26(28)29/h1-9,14H,10-13H2/b9-6+. The molecule has 152 valence electrons. The maximum Gasteiger partial charge on any atom is 0.416 e. The lowest BCUT2D eigenvalue weighted by atomic mass is 10.1. The minimum Gasteiger partial charge on any atom is -0.368 e. The van der Waals surface area contributed by atoms with E-state index in [9.17, 15) is 28.1 Å². The Morgan fingerprint density at radius 3 is 2.28 bits per heavy atom. The average Bonchev–Trinajstić information content (AvgIpc) is 2.72. The molecule has 0 unspecified atom stereocenters. The molecule has 1 aliphatic rings. The van der Waals surface area contributed by atoms with Gasteiger partial charge in [-0.3, -0.25) is 14.9 Å². The summed E-state index contributed by atoms with van der Waals surface area (Å²) < 4.78 is 38.6. The van der Waals surface area contributed by atoms with Crippen LogP contribution in [0.5, 0.6) is 0 Å². The van der Waals surface area contributed by atoms with Crippen molar-refractivity contribution in [3.8, 4) is 0 Å². The monoisotopic (exact) mass is 405 g/mol. The fraction of sp³-hybridized carbons (Fsp3) is 0.250. The Morgan fingerprint density at radius 1 is 1.03 bits per heavy atom. The lowest BCUT2D eigenvalue weighted by Crippen LogP contribution is -2.48. The lowest BCUT2D eigenvalue weighted by molar-refractivity contribution is -0.384. The molecule has 3 rings (SSSR count). The molecule has 2 aromatic carbocycles. The summed E-state index contributed by atoms with van der Waals surface area (Å²) in [5.41, 5.74) is 0.415. The second-order valence-electron chi connectivity index (χ2n) is 6.54. The number of benzene rings is 2. The molecule has 1 amide bonds. The van der Waals surface area contributed by atoms with Gasteiger partial charge < -0.3 is 9.80 Å². The first-order valence-corrected chi connectivity index (χ1v) is 8.88. The highest BCUT2D eigenvalue weighted by Gasteiger charge is 2.31. The Hall–Kier alpha value is -3.36. The highest BCUT2D eigenvalue weighted by molar-refractivity contribution is 5.92. The van der Waals surface area contributed by atoms with Gasteiger partial charge in [-0.25, -0.2) is 0 Å². The first-order chi connectivity index (χ1) is 13.7. The zero-order valence-electron chi connectivity index (χ0n) is 15.3. The number of rotatable bonds is 4. The van der Waals surface area contributed by atoms with Crippen LogP contribution in [0, 0.1) is 10.1 Å². The Kier molecular flexibility index (Phi) is 5.86. The van der Waals surface area contributed by atoms with E-state index >= 15 is 0 Å². The Labute approximate surface area is 165 Å². The first kappa shape index (κ1) is 20.4. The number of halogens is 3. The van der Waals surface area contributed by atoms with E-state index in [0.717, 1.165) is 12.1 Å². The SMILES string of the molecule is O=C(/C=C/c1ccc([N+](=O)[O-])cc1)N1CCN(c2cccc(C(F)(F)F)c2)CC1. The minimum atomic E-state index is -4.39. The molecule has 6 nitrogen and oxygen atoms in total. The topological polar surface area (TPSA) is 66.7 Å². The largest absolute Gasteiger partial charge is 0.416 e. The summed E-state index contributed by atoms with van der Waals surface area (Å²) >= 11 is 0. The minimum absolute atomic E-state index is 0.0285. The molecule has 0 aromatic heterocycles. The van der Waals surface area contributed by atoms with E-state index in [-0.39, 0.29) is 11.6 Å². The summed E-state index contributed by atoms with van der Waals surface area (Å²) in [5.74, 6) is -0.216. The second kappa shape index (κ2) is 8.34. The number of alkyl halides is 3. The fourth-order valence-corrected chi connectivity index (χ4v) is 3.04. The summed E-state index contributed by atoms with van der Waals surface area (Å²) in [6, 6.07) is 11.0. The molecule has 0 N–H and O–H groups in total. The highest BCUT2D eigenvalue weighted by Crippen LogP contribution is 2.31. The van der Waals surface area contributed by atoms with Crippen molar-refractivity contribution in [2.45, 2.75) is 6.18 Å². The summed E-state index contributed by atoms with van der Waals surface area (Å²) in [4.78, 5) is 25.9. The number of carbonyl (C=O) groups is 1. The van der Waals surface area contributed by atoms with Crippen LogP contribution in [0.3, 0.4) is 0 Å². The molecular formula is C20H18F3N3O3. The predicted molar refractivity (Wildman–Crippen MR) is 102 cm³/mol. The zero-order valence-corrected chi connectivity index (χ0v) is 15.3. The Morgan fingerprint density at radius 2 is 1.69 bits per heavy atom. The van der Waals surface area contributed by atoms with E-state index in [0.29, 0.717) is 37.4 Å². The fourth-order valence-electron chi connectivity index (χ4n) is 3.04. The predicted octanol–water partition coefficient (Wildman–Crippen LogP) is 3.98. The molecular weight excluding hydrogens is 387 g/mol. The molecule has 2 aromatic rings. The number of hydrogen-bond donors (Lipinski definition) is 0. The van der Waals surface area contributed by atoms with E-state index in [1.54, 1.807) is 29.2 Å². The smallest absolute Gasteiger partial charge is 0.368 e.